The molecule has 1 aromatic heterocycles. The predicted molar refractivity (Wildman–Crippen MR) is 171 cm³/mol. The van der Waals surface area contributed by atoms with Crippen LogP contribution in [0.1, 0.15) is 37.3 Å². The second kappa shape index (κ2) is 13.1. The molecule has 4 heterocycles. The third-order valence-electron chi connectivity index (χ3n) is 9.89. The molecule has 1 atom stereocenters. The molecule has 236 valence electrons. The van der Waals surface area contributed by atoms with E-state index in [2.05, 4.69) is 17.3 Å². The summed E-state index contributed by atoms with van der Waals surface area (Å²) in [4.78, 5) is 46.5. The van der Waals surface area contributed by atoms with E-state index in [1.54, 1.807) is 21.6 Å². The number of likely N-dealkylation sites (tertiary alicyclic amines) is 2. The number of fused-ring (bicyclic) bond motifs is 1. The van der Waals surface area contributed by atoms with Crippen molar-refractivity contribution in [1.82, 2.24) is 24.7 Å². The highest BCUT2D eigenvalue weighted by molar-refractivity contribution is 6.42. The van der Waals surface area contributed by atoms with Gasteiger partial charge in [0.1, 0.15) is 0 Å². The first-order chi connectivity index (χ1) is 21.2. The number of H-pyrrole nitrogens is 1. The van der Waals surface area contributed by atoms with Gasteiger partial charge in [-0.15, -0.1) is 0 Å². The molecule has 44 heavy (non-hydrogen) atoms. The molecule has 6 rings (SSSR count). The van der Waals surface area contributed by atoms with Gasteiger partial charge < -0.3 is 29.3 Å². The fraction of sp³-hybridized carbons (Fsp3) is 0.531. The number of halogens is 2. The number of carbonyl (C=O) groups excluding carboxylic acids is 2. The molecule has 2 N–H and O–H groups in total. The Morgan fingerprint density at radius 1 is 0.955 bits per heavy atom. The molecular weight excluding hydrogens is 603 g/mol. The lowest BCUT2D eigenvalue weighted by molar-refractivity contribution is -0.936. The van der Waals surface area contributed by atoms with Crippen LogP contribution in [0.5, 0.6) is 0 Å². The third kappa shape index (κ3) is 6.49. The van der Waals surface area contributed by atoms with E-state index in [9.17, 15) is 14.4 Å². The van der Waals surface area contributed by atoms with Crippen molar-refractivity contribution in [2.45, 2.75) is 50.3 Å². The average Bonchev–Trinajstić information content (AvgIpc) is 3.38. The van der Waals surface area contributed by atoms with Crippen LogP contribution in [0.2, 0.25) is 10.0 Å². The number of rotatable bonds is 6. The van der Waals surface area contributed by atoms with Crippen LogP contribution in [0.3, 0.4) is 0 Å². The number of quaternary nitrogens is 1. The van der Waals surface area contributed by atoms with Crippen molar-refractivity contribution in [3.8, 4) is 0 Å². The van der Waals surface area contributed by atoms with Gasteiger partial charge in [-0.05, 0) is 42.7 Å². The Hall–Kier alpha value is -3.05. The Labute approximate surface area is 267 Å². The second-order valence-corrected chi connectivity index (χ2v) is 13.4. The number of piperazine rings is 1. The maximum atomic E-state index is 13.9. The number of aromatic amines is 1. The number of nitrogens with zero attached hydrogens (tertiary/aromatic N) is 4. The minimum absolute atomic E-state index is 0.0298. The number of amides is 2. The van der Waals surface area contributed by atoms with Gasteiger partial charge >= 0.3 is 11.8 Å². The van der Waals surface area contributed by atoms with Crippen molar-refractivity contribution in [2.75, 3.05) is 59.4 Å². The maximum Gasteiger partial charge on any atom is 0.410 e. The molecule has 3 saturated heterocycles. The van der Waals surface area contributed by atoms with Gasteiger partial charge in [-0.25, -0.2) is 9.59 Å². The van der Waals surface area contributed by atoms with Crippen molar-refractivity contribution in [3.63, 3.8) is 0 Å². The molecule has 0 spiro atoms. The monoisotopic (exact) mass is 643 g/mol. The second-order valence-electron chi connectivity index (χ2n) is 12.6. The number of imidazole rings is 1. The summed E-state index contributed by atoms with van der Waals surface area (Å²) >= 11 is 12.4. The summed E-state index contributed by atoms with van der Waals surface area (Å²) in [6.45, 7) is 6.39. The van der Waals surface area contributed by atoms with Gasteiger partial charge in [0.15, 0.2) is 6.10 Å². The first-order valence-electron chi connectivity index (χ1n) is 15.6. The topological polar surface area (TPSA) is 99.7 Å². The van der Waals surface area contributed by atoms with Gasteiger partial charge in [-0.2, -0.15) is 0 Å². The molecule has 3 aliphatic rings. The largest absolute Gasteiger partial charge is 0.436 e. The summed E-state index contributed by atoms with van der Waals surface area (Å²) in [5.41, 5.74) is 2.30. The number of nitrogens with one attached hydrogen (secondary N) is 2. The number of aromatic nitrogens is 2. The number of ether oxygens (including phenoxy) is 1. The quantitative estimate of drug-likeness (QED) is 0.395. The molecule has 0 unspecified atom stereocenters. The van der Waals surface area contributed by atoms with Crippen LogP contribution in [-0.4, -0.2) is 107 Å². The molecule has 2 amide bonds. The van der Waals surface area contributed by atoms with E-state index < -0.39 is 12.2 Å². The summed E-state index contributed by atoms with van der Waals surface area (Å²) in [5, 5.41) is 4.27. The molecular formula is C32H41Cl2N6O4+. The van der Waals surface area contributed by atoms with E-state index in [0.29, 0.717) is 55.1 Å². The molecule has 0 saturated carbocycles. The normalized spacial score (nSPS) is 20.5. The van der Waals surface area contributed by atoms with Crippen LogP contribution in [0, 0.1) is 0 Å². The maximum absolute atomic E-state index is 13.9. The van der Waals surface area contributed by atoms with E-state index in [4.69, 9.17) is 27.9 Å². The number of hydrogen-bond donors (Lipinski definition) is 2. The Bertz CT molecular complexity index is 1550. The van der Waals surface area contributed by atoms with E-state index in [1.165, 1.54) is 0 Å². The van der Waals surface area contributed by atoms with Crippen LogP contribution in [0.15, 0.2) is 47.3 Å². The summed E-state index contributed by atoms with van der Waals surface area (Å²) in [7, 11) is 2.33. The molecule has 10 nitrogen and oxygen atoms in total. The number of carbonyl (C=O) groups is 2. The summed E-state index contributed by atoms with van der Waals surface area (Å²) in [6, 6.07) is 13.4. The lowest BCUT2D eigenvalue weighted by Gasteiger charge is -2.47. The number of para-hydroxylation sites is 2. The van der Waals surface area contributed by atoms with Gasteiger partial charge in [0, 0.05) is 64.6 Å². The Kier molecular flexibility index (Phi) is 9.23. The zero-order chi connectivity index (χ0) is 30.8. The molecule has 0 bridgehead atoms. The number of benzene rings is 2. The van der Waals surface area contributed by atoms with Crippen LogP contribution in [0.25, 0.3) is 11.0 Å². The van der Waals surface area contributed by atoms with Crippen molar-refractivity contribution in [2.24, 2.45) is 0 Å². The standard InChI is InChI=1S/C32H40Cl2N6O4/c1-40(18-12-35-13-19-40)24-10-16-37(17-11-24)30(41)29(21-22-6-7-25(33)26(34)20-22)44-32(43)38-14-8-23(9-15-38)39-28-5-3-2-4-27(28)36-31(39)42/h2-7,20,23-24,29,35H,8-19,21H2,1H3/p+1/t29-/m1/s1. The van der Waals surface area contributed by atoms with Crippen molar-refractivity contribution in [1.29, 1.82) is 0 Å². The fourth-order valence-corrected chi connectivity index (χ4v) is 7.50. The summed E-state index contributed by atoms with van der Waals surface area (Å²) in [6.07, 6.45) is 1.80. The molecule has 0 aliphatic carbocycles. The van der Waals surface area contributed by atoms with Crippen LogP contribution in [0.4, 0.5) is 4.79 Å². The van der Waals surface area contributed by atoms with Gasteiger partial charge in [0.05, 0.1) is 47.3 Å². The molecule has 2 aromatic carbocycles. The van der Waals surface area contributed by atoms with Crippen molar-refractivity contribution < 1.29 is 18.8 Å². The lowest BCUT2D eigenvalue weighted by atomic mass is 9.98. The zero-order valence-corrected chi connectivity index (χ0v) is 26.7. The minimum atomic E-state index is -0.978. The first-order valence-corrected chi connectivity index (χ1v) is 16.4. The lowest BCUT2D eigenvalue weighted by Crippen LogP contribution is -2.63. The Balaban J connectivity index is 1.12. The van der Waals surface area contributed by atoms with Gasteiger partial charge in [0.25, 0.3) is 5.91 Å². The molecule has 3 aliphatic heterocycles. The number of likely N-dealkylation sites (N-methyl/N-ethyl adjacent to an activating group) is 1. The molecule has 0 radical (unpaired) electrons. The van der Waals surface area contributed by atoms with Crippen LogP contribution >= 0.6 is 23.2 Å². The van der Waals surface area contributed by atoms with Crippen LogP contribution < -0.4 is 11.0 Å². The molecule has 3 aromatic rings. The van der Waals surface area contributed by atoms with Gasteiger partial charge in [0.2, 0.25) is 0 Å². The van der Waals surface area contributed by atoms with Crippen molar-refractivity contribution in [3.05, 3.63) is 68.6 Å². The summed E-state index contributed by atoms with van der Waals surface area (Å²) < 4.78 is 8.83. The molecule has 12 heteroatoms. The predicted octanol–water partition coefficient (Wildman–Crippen LogP) is 4.06. The highest BCUT2D eigenvalue weighted by Crippen LogP contribution is 2.28. The van der Waals surface area contributed by atoms with E-state index in [0.717, 1.165) is 60.1 Å². The Morgan fingerprint density at radius 2 is 1.64 bits per heavy atom. The van der Waals surface area contributed by atoms with Gasteiger partial charge in [-0.1, -0.05) is 41.4 Å². The minimum Gasteiger partial charge on any atom is -0.436 e. The third-order valence-corrected chi connectivity index (χ3v) is 10.6. The van der Waals surface area contributed by atoms with E-state index in [-0.39, 0.29) is 24.1 Å². The van der Waals surface area contributed by atoms with E-state index in [1.807, 2.05) is 35.2 Å². The average molecular weight is 645 g/mol. The fourth-order valence-electron chi connectivity index (χ4n) is 7.18. The van der Waals surface area contributed by atoms with Crippen molar-refractivity contribution >= 4 is 46.2 Å². The summed E-state index contributed by atoms with van der Waals surface area (Å²) in [5.74, 6) is -0.175. The first kappa shape index (κ1) is 31.0. The SMILES string of the molecule is C[N+]1(C2CCN(C(=O)[C@@H](Cc3ccc(Cl)c(Cl)c3)OC(=O)N3CCC(n4c(=O)[nH]c5ccccc54)CC3)CC2)CCNCC1. The molecule has 3 fully saturated rings. The van der Waals surface area contributed by atoms with Gasteiger partial charge in [-0.3, -0.25) is 9.36 Å². The Morgan fingerprint density at radius 3 is 2.34 bits per heavy atom. The zero-order valence-electron chi connectivity index (χ0n) is 25.1. The number of piperidine rings is 2. The van der Waals surface area contributed by atoms with Crippen LogP contribution in [-0.2, 0) is 16.0 Å². The highest BCUT2D eigenvalue weighted by Gasteiger charge is 2.39. The van der Waals surface area contributed by atoms with E-state index >= 15 is 0 Å². The number of hydrogen-bond acceptors (Lipinski definition) is 5. The smallest absolute Gasteiger partial charge is 0.410 e. The highest BCUT2D eigenvalue weighted by atomic mass is 35.5.